The van der Waals surface area contributed by atoms with E-state index in [0.29, 0.717) is 16.0 Å². The molecule has 3 nitrogen and oxygen atoms in total. The van der Waals surface area contributed by atoms with Crippen molar-refractivity contribution in [1.82, 2.24) is 10.6 Å². The maximum absolute atomic E-state index is 6.11. The lowest BCUT2D eigenvalue weighted by Crippen LogP contribution is -2.39. The molecular formula is C21H24ClN3S2. The van der Waals surface area contributed by atoms with E-state index in [0.717, 1.165) is 30.1 Å². The van der Waals surface area contributed by atoms with Crippen molar-refractivity contribution in [2.75, 3.05) is 24.6 Å². The van der Waals surface area contributed by atoms with E-state index in [9.17, 15) is 0 Å². The highest BCUT2D eigenvalue weighted by Gasteiger charge is 2.31. The molecule has 2 heterocycles. The lowest BCUT2D eigenvalue weighted by atomic mass is 9.81. The van der Waals surface area contributed by atoms with Gasteiger partial charge in [0.25, 0.3) is 0 Å². The number of nitrogens with one attached hydrogen (secondary N) is 2. The molecule has 6 heteroatoms. The van der Waals surface area contributed by atoms with Gasteiger partial charge in [0.2, 0.25) is 0 Å². The van der Waals surface area contributed by atoms with E-state index in [1.54, 1.807) is 0 Å². The Morgan fingerprint density at radius 1 is 1.15 bits per heavy atom. The average molecular weight is 418 g/mol. The number of rotatable bonds is 4. The highest BCUT2D eigenvalue weighted by atomic mass is 35.5. The monoisotopic (exact) mass is 417 g/mol. The van der Waals surface area contributed by atoms with Gasteiger partial charge in [-0.2, -0.15) is 11.8 Å². The number of nitrogens with two attached hydrogens (primary N) is 1. The van der Waals surface area contributed by atoms with E-state index >= 15 is 0 Å². The normalized spacial score (nSPS) is 24.9. The van der Waals surface area contributed by atoms with Crippen LogP contribution in [0.3, 0.4) is 0 Å². The summed E-state index contributed by atoms with van der Waals surface area (Å²) in [7, 11) is 0. The van der Waals surface area contributed by atoms with Crippen molar-refractivity contribution in [2.24, 2.45) is 0 Å². The number of halogens is 1. The molecule has 0 aromatic heterocycles. The van der Waals surface area contributed by atoms with Crippen molar-refractivity contribution < 1.29 is 0 Å². The van der Waals surface area contributed by atoms with Crippen molar-refractivity contribution in [3.05, 3.63) is 64.2 Å². The van der Waals surface area contributed by atoms with E-state index in [2.05, 4.69) is 46.7 Å². The van der Waals surface area contributed by atoms with Crippen molar-refractivity contribution >= 4 is 46.3 Å². The summed E-state index contributed by atoms with van der Waals surface area (Å²) in [5.74, 6) is 1.48. The van der Waals surface area contributed by atoms with Crippen LogP contribution in [0.1, 0.15) is 41.5 Å². The molecule has 2 aliphatic heterocycles. The van der Waals surface area contributed by atoms with Crippen molar-refractivity contribution in [3.8, 4) is 0 Å². The lowest BCUT2D eigenvalue weighted by molar-refractivity contribution is 0.583. The van der Waals surface area contributed by atoms with Crippen LogP contribution in [0, 0.1) is 0 Å². The molecule has 4 rings (SSSR count). The summed E-state index contributed by atoms with van der Waals surface area (Å²) in [4.78, 5) is 0.931. The van der Waals surface area contributed by atoms with E-state index < -0.39 is 0 Å². The van der Waals surface area contributed by atoms with Crippen LogP contribution in [0.25, 0.3) is 0 Å². The van der Waals surface area contributed by atoms with Gasteiger partial charge in [-0.25, -0.2) is 0 Å². The van der Waals surface area contributed by atoms with Gasteiger partial charge in [0.05, 0.1) is 21.7 Å². The molecule has 2 aliphatic rings. The summed E-state index contributed by atoms with van der Waals surface area (Å²) < 4.78 is 0. The number of hydrogen-bond donors (Lipinski definition) is 3. The van der Waals surface area contributed by atoms with Gasteiger partial charge in [-0.3, -0.25) is 0 Å². The molecule has 2 aromatic rings. The van der Waals surface area contributed by atoms with Gasteiger partial charge in [-0.1, -0.05) is 54.2 Å². The summed E-state index contributed by atoms with van der Waals surface area (Å²) in [6.07, 6.45) is 2.26. The largest absolute Gasteiger partial charge is 0.398 e. The van der Waals surface area contributed by atoms with Crippen LogP contribution >= 0.6 is 35.6 Å². The first-order valence-electron chi connectivity index (χ1n) is 9.40. The Morgan fingerprint density at radius 2 is 1.96 bits per heavy atom. The standard InChI is InChI=1S/C21H24ClN3S2/c22-18-8-5-13(11-19(18)23)20-16-4-2-1-3-15(16)17(21(26)25-20)7-6-14-12-24-9-10-27-14/h1-5,8,11,14,17,20,24H,6-7,9-10,12,23H2,(H,25,26). The average Bonchev–Trinajstić information content (AvgIpc) is 2.70. The fourth-order valence-electron chi connectivity index (χ4n) is 4.00. The number of hydrogen-bond acceptors (Lipinski definition) is 4. The zero-order chi connectivity index (χ0) is 18.8. The molecule has 27 heavy (non-hydrogen) atoms. The highest BCUT2D eigenvalue weighted by molar-refractivity contribution is 8.00. The number of thiocarbonyl (C=S) groups is 1. The molecule has 142 valence electrons. The quantitative estimate of drug-likeness (QED) is 0.504. The van der Waals surface area contributed by atoms with Gasteiger partial charge >= 0.3 is 0 Å². The van der Waals surface area contributed by atoms with Crippen LogP contribution in [0.4, 0.5) is 5.69 Å². The number of fused-ring (bicyclic) bond motifs is 1. The first kappa shape index (κ1) is 19.1. The van der Waals surface area contributed by atoms with Crippen LogP contribution in [0.2, 0.25) is 5.02 Å². The fourth-order valence-corrected chi connectivity index (χ4v) is 5.62. The fraction of sp³-hybridized carbons (Fsp3) is 0.381. The predicted octanol–water partition coefficient (Wildman–Crippen LogP) is 4.51. The van der Waals surface area contributed by atoms with Crippen molar-refractivity contribution in [2.45, 2.75) is 30.1 Å². The summed E-state index contributed by atoms with van der Waals surface area (Å²) in [6.45, 7) is 2.23. The minimum Gasteiger partial charge on any atom is -0.398 e. The van der Waals surface area contributed by atoms with Crippen LogP contribution in [0.5, 0.6) is 0 Å². The number of thioether (sulfide) groups is 1. The first-order chi connectivity index (χ1) is 13.1. The minimum absolute atomic E-state index is 0.0234. The SMILES string of the molecule is Nc1cc(C2NC(=S)C(CCC3CNCCS3)c3ccccc32)ccc1Cl. The molecule has 0 amide bonds. The Labute approximate surface area is 175 Å². The van der Waals surface area contributed by atoms with E-state index in [-0.39, 0.29) is 12.0 Å². The maximum atomic E-state index is 6.11. The number of benzene rings is 2. The van der Waals surface area contributed by atoms with E-state index in [1.807, 2.05) is 18.2 Å². The molecule has 3 atom stereocenters. The summed E-state index contributed by atoms with van der Waals surface area (Å²) in [5.41, 5.74) is 10.4. The summed E-state index contributed by atoms with van der Waals surface area (Å²) >= 11 is 14.0. The smallest absolute Gasteiger partial charge is 0.0836 e. The third-order valence-electron chi connectivity index (χ3n) is 5.42. The first-order valence-corrected chi connectivity index (χ1v) is 11.2. The Kier molecular flexibility index (Phi) is 5.93. The molecule has 4 N–H and O–H groups in total. The van der Waals surface area contributed by atoms with Gasteiger partial charge in [-0.15, -0.1) is 0 Å². The molecular weight excluding hydrogens is 394 g/mol. The predicted molar refractivity (Wildman–Crippen MR) is 121 cm³/mol. The highest BCUT2D eigenvalue weighted by Crippen LogP contribution is 2.39. The molecule has 0 bridgehead atoms. The number of nitrogen functional groups attached to an aromatic ring is 1. The van der Waals surface area contributed by atoms with E-state index in [1.165, 1.54) is 23.3 Å². The van der Waals surface area contributed by atoms with E-state index in [4.69, 9.17) is 29.6 Å². The van der Waals surface area contributed by atoms with Crippen LogP contribution in [-0.4, -0.2) is 29.1 Å². The Bertz CT molecular complexity index is 836. The number of anilines is 1. The molecule has 0 aliphatic carbocycles. The second kappa shape index (κ2) is 8.39. The van der Waals surface area contributed by atoms with Gasteiger partial charge in [0.1, 0.15) is 0 Å². The second-order valence-corrected chi connectivity index (χ2v) is 9.43. The van der Waals surface area contributed by atoms with Crippen molar-refractivity contribution in [3.63, 3.8) is 0 Å². The Balaban J connectivity index is 1.59. The summed E-state index contributed by atoms with van der Waals surface area (Å²) in [5, 5.41) is 8.35. The second-order valence-electron chi connectivity index (χ2n) is 7.18. The molecule has 0 spiro atoms. The summed E-state index contributed by atoms with van der Waals surface area (Å²) in [6, 6.07) is 14.5. The van der Waals surface area contributed by atoms with Crippen LogP contribution in [-0.2, 0) is 0 Å². The third kappa shape index (κ3) is 4.11. The maximum Gasteiger partial charge on any atom is 0.0836 e. The van der Waals surface area contributed by atoms with Gasteiger partial charge in [-0.05, 0) is 41.7 Å². The lowest BCUT2D eigenvalue weighted by Gasteiger charge is -2.35. The molecule has 0 radical (unpaired) electrons. The van der Waals surface area contributed by atoms with Crippen molar-refractivity contribution in [1.29, 1.82) is 0 Å². The molecule has 0 saturated carbocycles. The van der Waals surface area contributed by atoms with Gasteiger partial charge in [0, 0.05) is 30.0 Å². The third-order valence-corrected chi connectivity index (χ3v) is 7.48. The molecule has 2 aromatic carbocycles. The van der Waals surface area contributed by atoms with Crippen LogP contribution < -0.4 is 16.4 Å². The van der Waals surface area contributed by atoms with Crippen LogP contribution in [0.15, 0.2) is 42.5 Å². The van der Waals surface area contributed by atoms with Gasteiger partial charge in [0.15, 0.2) is 0 Å². The topological polar surface area (TPSA) is 50.1 Å². The zero-order valence-corrected chi connectivity index (χ0v) is 17.5. The molecule has 1 saturated heterocycles. The minimum atomic E-state index is 0.0234. The zero-order valence-electron chi connectivity index (χ0n) is 15.1. The Hall–Kier alpha value is -1.27. The molecule has 1 fully saturated rings. The molecule has 3 unspecified atom stereocenters. The van der Waals surface area contributed by atoms with Gasteiger partial charge < -0.3 is 16.4 Å². The Morgan fingerprint density at radius 3 is 2.70 bits per heavy atom.